The number of ether oxygens (including phenoxy) is 2. The van der Waals surface area contributed by atoms with E-state index in [1.54, 1.807) is 0 Å². The maximum Gasteiger partial charge on any atom is 0.407 e. The first kappa shape index (κ1) is 18.7. The lowest BCUT2D eigenvalue weighted by atomic mass is 9.85. The van der Waals surface area contributed by atoms with Gasteiger partial charge in [0.15, 0.2) is 0 Å². The van der Waals surface area contributed by atoms with Crippen LogP contribution in [0.2, 0.25) is 0 Å². The number of methoxy groups -OCH3 is 1. The van der Waals surface area contributed by atoms with Crippen molar-refractivity contribution in [3.63, 3.8) is 0 Å². The second-order valence-corrected chi connectivity index (χ2v) is 7.06. The topological polar surface area (TPSA) is 67.9 Å². The van der Waals surface area contributed by atoms with E-state index in [0.717, 1.165) is 25.9 Å². The molecule has 2 atom stereocenters. The van der Waals surface area contributed by atoms with Crippen molar-refractivity contribution in [2.45, 2.75) is 45.6 Å². The average Bonchev–Trinajstić information content (AvgIpc) is 2.57. The van der Waals surface area contributed by atoms with Gasteiger partial charge in [0.05, 0.1) is 7.11 Å². The Balaban J connectivity index is 2.57. The van der Waals surface area contributed by atoms with E-state index in [1.165, 1.54) is 7.11 Å². The molecule has 0 saturated carbocycles. The molecule has 22 heavy (non-hydrogen) atoms. The summed E-state index contributed by atoms with van der Waals surface area (Å²) in [5, 5.41) is 2.84. The van der Waals surface area contributed by atoms with Gasteiger partial charge in [-0.3, -0.25) is 4.79 Å². The maximum absolute atomic E-state index is 11.8. The number of esters is 1. The zero-order chi connectivity index (χ0) is 16.8. The zero-order valence-electron chi connectivity index (χ0n) is 14.5. The number of nitrogens with zero attached hydrogens (tertiary/aromatic N) is 1. The van der Waals surface area contributed by atoms with E-state index >= 15 is 0 Å². The Morgan fingerprint density at radius 2 is 1.77 bits per heavy atom. The third-order valence-corrected chi connectivity index (χ3v) is 3.99. The molecular formula is C16H30N2O4. The van der Waals surface area contributed by atoms with Gasteiger partial charge in [0.1, 0.15) is 5.60 Å². The molecule has 0 aromatic carbocycles. The molecule has 0 aliphatic carbocycles. The van der Waals surface area contributed by atoms with Crippen molar-refractivity contribution in [2.24, 2.45) is 11.8 Å². The van der Waals surface area contributed by atoms with Crippen LogP contribution in [0.15, 0.2) is 0 Å². The Morgan fingerprint density at radius 1 is 1.18 bits per heavy atom. The fourth-order valence-electron chi connectivity index (χ4n) is 2.72. The van der Waals surface area contributed by atoms with E-state index in [1.807, 2.05) is 20.8 Å². The normalized spacial score (nSPS) is 23.5. The Morgan fingerprint density at radius 3 is 2.32 bits per heavy atom. The minimum atomic E-state index is -0.501. The van der Waals surface area contributed by atoms with Crippen LogP contribution in [-0.2, 0) is 14.3 Å². The van der Waals surface area contributed by atoms with Crippen LogP contribution < -0.4 is 5.32 Å². The van der Waals surface area contributed by atoms with Crippen molar-refractivity contribution in [3.05, 3.63) is 0 Å². The van der Waals surface area contributed by atoms with Crippen LogP contribution in [0.3, 0.4) is 0 Å². The van der Waals surface area contributed by atoms with Gasteiger partial charge in [-0.25, -0.2) is 4.79 Å². The molecule has 1 rings (SSSR count). The number of likely N-dealkylation sites (tertiary alicyclic amines) is 1. The highest BCUT2D eigenvalue weighted by atomic mass is 16.6. The molecule has 0 aromatic rings. The van der Waals surface area contributed by atoms with Gasteiger partial charge < -0.3 is 19.7 Å². The van der Waals surface area contributed by atoms with Gasteiger partial charge in [0.25, 0.3) is 0 Å². The lowest BCUT2D eigenvalue weighted by Gasteiger charge is -2.25. The first-order valence-corrected chi connectivity index (χ1v) is 7.93. The van der Waals surface area contributed by atoms with Crippen molar-refractivity contribution >= 4 is 12.1 Å². The van der Waals surface area contributed by atoms with Gasteiger partial charge in [-0.1, -0.05) is 0 Å². The maximum atomic E-state index is 11.8. The number of hydrogen-bond acceptors (Lipinski definition) is 5. The summed E-state index contributed by atoms with van der Waals surface area (Å²) in [4.78, 5) is 25.7. The fourth-order valence-corrected chi connectivity index (χ4v) is 2.72. The largest absolute Gasteiger partial charge is 0.469 e. The van der Waals surface area contributed by atoms with Gasteiger partial charge in [0, 0.05) is 13.0 Å². The molecule has 6 nitrogen and oxygen atoms in total. The van der Waals surface area contributed by atoms with Crippen LogP contribution in [0.1, 0.15) is 40.0 Å². The number of alkyl carbamates (subject to hydrolysis) is 1. The molecule has 1 amide bonds. The molecule has 0 aromatic heterocycles. The van der Waals surface area contributed by atoms with E-state index in [2.05, 4.69) is 17.3 Å². The lowest BCUT2D eigenvalue weighted by molar-refractivity contribution is -0.142. The summed E-state index contributed by atoms with van der Waals surface area (Å²) in [6.07, 6.45) is 1.90. The number of carbonyl (C=O) groups excluding carboxylic acids is 2. The van der Waals surface area contributed by atoms with Crippen molar-refractivity contribution in [2.75, 3.05) is 33.8 Å². The number of hydrogen-bond donors (Lipinski definition) is 1. The minimum Gasteiger partial charge on any atom is -0.469 e. The standard InChI is InChI=1S/C16H30N2O4/c1-16(2,3)22-15(20)17-11-13-7-9-18(4)8-6-12(13)10-14(19)21-5/h12-13H,6-11H2,1-5H3,(H,17,20)/t12-,13+/m1/s1. The molecule has 1 heterocycles. The molecule has 1 saturated heterocycles. The van der Waals surface area contributed by atoms with Gasteiger partial charge in [-0.2, -0.15) is 0 Å². The first-order chi connectivity index (χ1) is 10.2. The Hall–Kier alpha value is -1.30. The Bertz CT molecular complexity index is 379. The highest BCUT2D eigenvalue weighted by Crippen LogP contribution is 2.26. The smallest absolute Gasteiger partial charge is 0.407 e. The molecule has 0 radical (unpaired) electrons. The van der Waals surface area contributed by atoms with Crippen molar-refractivity contribution in [3.8, 4) is 0 Å². The summed E-state index contributed by atoms with van der Waals surface area (Å²) in [6.45, 7) is 7.99. The molecule has 0 spiro atoms. The van der Waals surface area contributed by atoms with Crippen LogP contribution in [0.25, 0.3) is 0 Å². The van der Waals surface area contributed by atoms with E-state index in [-0.39, 0.29) is 17.8 Å². The van der Waals surface area contributed by atoms with Crippen LogP contribution >= 0.6 is 0 Å². The summed E-state index contributed by atoms with van der Waals surface area (Å²) < 4.78 is 10.1. The number of nitrogens with one attached hydrogen (secondary N) is 1. The lowest BCUT2D eigenvalue weighted by Crippen LogP contribution is -2.37. The molecule has 0 unspecified atom stereocenters. The molecule has 1 aliphatic heterocycles. The van der Waals surface area contributed by atoms with Gasteiger partial charge in [-0.15, -0.1) is 0 Å². The third-order valence-electron chi connectivity index (χ3n) is 3.99. The molecule has 6 heteroatoms. The van der Waals surface area contributed by atoms with E-state index in [0.29, 0.717) is 13.0 Å². The van der Waals surface area contributed by atoms with Crippen molar-refractivity contribution < 1.29 is 19.1 Å². The van der Waals surface area contributed by atoms with Gasteiger partial charge >= 0.3 is 12.1 Å². The number of amides is 1. The monoisotopic (exact) mass is 314 g/mol. The second kappa shape index (κ2) is 8.36. The minimum absolute atomic E-state index is 0.183. The van der Waals surface area contributed by atoms with Crippen LogP contribution in [0, 0.1) is 11.8 Å². The quantitative estimate of drug-likeness (QED) is 0.804. The molecule has 1 aliphatic rings. The summed E-state index contributed by atoms with van der Waals surface area (Å²) in [6, 6.07) is 0. The van der Waals surface area contributed by atoms with Crippen molar-refractivity contribution in [1.82, 2.24) is 10.2 Å². The molecule has 128 valence electrons. The summed E-state index contributed by atoms with van der Waals surface area (Å²) in [7, 11) is 3.50. The van der Waals surface area contributed by atoms with Crippen LogP contribution in [0.5, 0.6) is 0 Å². The Labute approximate surface area is 133 Å². The number of rotatable bonds is 4. The van der Waals surface area contributed by atoms with Crippen LogP contribution in [0.4, 0.5) is 4.79 Å². The molecule has 0 bridgehead atoms. The third kappa shape index (κ3) is 7.11. The fraction of sp³-hybridized carbons (Fsp3) is 0.875. The summed E-state index contributed by atoms with van der Waals surface area (Å²) >= 11 is 0. The second-order valence-electron chi connectivity index (χ2n) is 7.06. The predicted molar refractivity (Wildman–Crippen MR) is 84.6 cm³/mol. The van der Waals surface area contributed by atoms with E-state index in [4.69, 9.17) is 9.47 Å². The van der Waals surface area contributed by atoms with Gasteiger partial charge in [-0.05, 0) is 65.6 Å². The van der Waals surface area contributed by atoms with Crippen molar-refractivity contribution in [1.29, 1.82) is 0 Å². The first-order valence-electron chi connectivity index (χ1n) is 7.93. The highest BCUT2D eigenvalue weighted by molar-refractivity contribution is 5.69. The van der Waals surface area contributed by atoms with Crippen LogP contribution in [-0.4, -0.2) is 56.4 Å². The number of carbonyl (C=O) groups is 2. The predicted octanol–water partition coefficient (Wildman–Crippen LogP) is 2.03. The zero-order valence-corrected chi connectivity index (χ0v) is 14.5. The van der Waals surface area contributed by atoms with Gasteiger partial charge in [0.2, 0.25) is 0 Å². The van der Waals surface area contributed by atoms with E-state index < -0.39 is 11.7 Å². The molecular weight excluding hydrogens is 284 g/mol. The SMILES string of the molecule is COC(=O)C[C@H]1CCN(C)CC[C@H]1CNC(=O)OC(C)(C)C. The average molecular weight is 314 g/mol. The Kier molecular flexibility index (Phi) is 7.13. The summed E-state index contributed by atoms with van der Waals surface area (Å²) in [5.41, 5.74) is -0.501. The molecule has 1 N–H and O–H groups in total. The van der Waals surface area contributed by atoms with E-state index in [9.17, 15) is 9.59 Å². The summed E-state index contributed by atoms with van der Waals surface area (Å²) in [5.74, 6) is 0.306. The molecule has 1 fully saturated rings. The highest BCUT2D eigenvalue weighted by Gasteiger charge is 2.28.